The van der Waals surface area contributed by atoms with Crippen molar-refractivity contribution in [1.82, 2.24) is 15.2 Å². The number of aromatic nitrogens is 3. The predicted molar refractivity (Wildman–Crippen MR) is 96.7 cm³/mol. The van der Waals surface area contributed by atoms with Crippen molar-refractivity contribution < 1.29 is 14.5 Å². The monoisotopic (exact) mass is 451 g/mol. The number of benzene rings is 1. The van der Waals surface area contributed by atoms with E-state index >= 15 is 0 Å². The zero-order chi connectivity index (χ0) is 17.8. The molecule has 3 rings (SSSR count). The van der Waals surface area contributed by atoms with Gasteiger partial charge >= 0.3 is 0 Å². The number of nitro benzene ring substituents is 1. The molecule has 0 aliphatic carbocycles. The molecular weight excluding hydrogens is 441 g/mol. The molecule has 2 N–H and O–H groups in total. The zero-order valence-electron chi connectivity index (χ0n) is 12.5. The molecule has 0 saturated carbocycles. The number of ether oxygens (including phenoxy) is 1. The normalized spacial score (nSPS) is 10.3. The number of H-pyrrole nitrogens is 1. The van der Waals surface area contributed by atoms with Crippen molar-refractivity contribution in [3.05, 3.63) is 68.3 Å². The summed E-state index contributed by atoms with van der Waals surface area (Å²) in [7, 11) is 0. The second kappa shape index (κ2) is 7.25. The Labute approximate surface area is 154 Å². The van der Waals surface area contributed by atoms with Gasteiger partial charge in [0.05, 0.1) is 32.6 Å². The van der Waals surface area contributed by atoms with Gasteiger partial charge in [0.2, 0.25) is 0 Å². The molecule has 25 heavy (non-hydrogen) atoms. The number of aromatic amines is 1. The Hall–Kier alpha value is -3.02. The fraction of sp³-hybridized carbons (Fsp3) is 0. The highest BCUT2D eigenvalue weighted by Crippen LogP contribution is 2.29. The number of nitro groups is 1. The third-order valence-electron chi connectivity index (χ3n) is 3.05. The van der Waals surface area contributed by atoms with Crippen LogP contribution in [0.15, 0.2) is 48.9 Å². The molecule has 0 saturated heterocycles. The number of anilines is 1. The van der Waals surface area contributed by atoms with Gasteiger partial charge in [0.1, 0.15) is 17.2 Å². The van der Waals surface area contributed by atoms with Gasteiger partial charge in [0.25, 0.3) is 11.6 Å². The molecule has 2 aromatic heterocycles. The first-order valence-corrected chi connectivity index (χ1v) is 7.98. The number of non-ortho nitro benzene ring substituents is 1. The summed E-state index contributed by atoms with van der Waals surface area (Å²) in [6.45, 7) is 0. The molecule has 0 aliphatic heterocycles. The average Bonchev–Trinajstić information content (AvgIpc) is 3.01. The Morgan fingerprint density at radius 3 is 2.76 bits per heavy atom. The Bertz CT molecular complexity index is 929. The highest BCUT2D eigenvalue weighted by atomic mass is 127. The maximum absolute atomic E-state index is 12.2. The van der Waals surface area contributed by atoms with Crippen LogP contribution in [0.4, 0.5) is 11.4 Å². The third kappa shape index (κ3) is 4.09. The van der Waals surface area contributed by atoms with Gasteiger partial charge in [0.15, 0.2) is 0 Å². The van der Waals surface area contributed by atoms with Crippen LogP contribution < -0.4 is 10.1 Å². The Morgan fingerprint density at radius 1 is 1.28 bits per heavy atom. The van der Waals surface area contributed by atoms with E-state index in [1.807, 2.05) is 22.6 Å². The number of nitrogens with zero attached hydrogens (tertiary/aromatic N) is 3. The molecule has 0 unspecified atom stereocenters. The molecule has 0 aliphatic rings. The summed E-state index contributed by atoms with van der Waals surface area (Å²) >= 11 is 1.96. The van der Waals surface area contributed by atoms with Crippen molar-refractivity contribution in [2.75, 3.05) is 5.32 Å². The van der Waals surface area contributed by atoms with Gasteiger partial charge in [0, 0.05) is 18.3 Å². The summed E-state index contributed by atoms with van der Waals surface area (Å²) in [6.07, 6.45) is 4.56. The van der Waals surface area contributed by atoms with E-state index in [4.69, 9.17) is 4.74 Å². The summed E-state index contributed by atoms with van der Waals surface area (Å²) in [4.78, 5) is 26.7. The van der Waals surface area contributed by atoms with Crippen LogP contribution >= 0.6 is 22.6 Å². The summed E-state index contributed by atoms with van der Waals surface area (Å²) < 4.78 is 6.20. The van der Waals surface area contributed by atoms with Crippen molar-refractivity contribution in [2.45, 2.75) is 0 Å². The van der Waals surface area contributed by atoms with Gasteiger partial charge in [-0.25, -0.2) is 0 Å². The van der Waals surface area contributed by atoms with Crippen LogP contribution in [0.3, 0.4) is 0 Å². The number of rotatable bonds is 5. The molecule has 1 amide bonds. The lowest BCUT2D eigenvalue weighted by atomic mass is 10.2. The molecule has 2 heterocycles. The van der Waals surface area contributed by atoms with Crippen LogP contribution in [0, 0.1) is 13.7 Å². The molecular formula is C15H10IN5O4. The minimum atomic E-state index is -0.564. The standard InChI is InChI=1S/C15H10IN5O4/c16-13-8-18-20-14(13)15(22)19-9-4-10(21(23)24)6-12(5-9)25-11-2-1-3-17-7-11/h1-8H,(H,18,20)(H,19,22). The lowest BCUT2D eigenvalue weighted by Crippen LogP contribution is -2.14. The molecule has 3 aromatic rings. The van der Waals surface area contributed by atoms with E-state index in [0.717, 1.165) is 0 Å². The van der Waals surface area contributed by atoms with E-state index in [-0.39, 0.29) is 22.8 Å². The fourth-order valence-corrected chi connectivity index (χ4v) is 2.49. The van der Waals surface area contributed by atoms with E-state index in [1.54, 1.807) is 18.3 Å². The minimum absolute atomic E-state index is 0.205. The van der Waals surface area contributed by atoms with E-state index in [0.29, 0.717) is 9.32 Å². The third-order valence-corrected chi connectivity index (χ3v) is 3.87. The molecule has 126 valence electrons. The molecule has 0 atom stereocenters. The number of hydrogen-bond acceptors (Lipinski definition) is 6. The van der Waals surface area contributed by atoms with Crippen molar-refractivity contribution in [1.29, 1.82) is 0 Å². The Balaban J connectivity index is 1.89. The molecule has 0 radical (unpaired) electrons. The van der Waals surface area contributed by atoms with Gasteiger partial charge in [-0.2, -0.15) is 5.10 Å². The van der Waals surface area contributed by atoms with E-state index < -0.39 is 10.8 Å². The van der Waals surface area contributed by atoms with E-state index in [1.165, 1.54) is 30.6 Å². The lowest BCUT2D eigenvalue weighted by molar-refractivity contribution is -0.384. The molecule has 9 nitrogen and oxygen atoms in total. The van der Waals surface area contributed by atoms with Crippen LogP contribution in [0.25, 0.3) is 0 Å². The van der Waals surface area contributed by atoms with Crippen molar-refractivity contribution >= 4 is 39.9 Å². The van der Waals surface area contributed by atoms with Crippen molar-refractivity contribution in [3.8, 4) is 11.5 Å². The number of carbonyl (C=O) groups is 1. The Morgan fingerprint density at radius 2 is 2.12 bits per heavy atom. The van der Waals surface area contributed by atoms with Crippen molar-refractivity contribution in [2.24, 2.45) is 0 Å². The Kier molecular flexibility index (Phi) is 4.88. The SMILES string of the molecule is O=C(Nc1cc(Oc2cccnc2)cc([N+](=O)[O-])c1)c1[nH]ncc1I. The van der Waals surface area contributed by atoms with Crippen LogP contribution in [0.2, 0.25) is 0 Å². The van der Waals surface area contributed by atoms with Crippen LogP contribution in [-0.4, -0.2) is 26.0 Å². The van der Waals surface area contributed by atoms with Crippen LogP contribution in [0.1, 0.15) is 10.5 Å². The van der Waals surface area contributed by atoms with Gasteiger partial charge in [-0.15, -0.1) is 0 Å². The quantitative estimate of drug-likeness (QED) is 0.349. The molecule has 0 spiro atoms. The van der Waals surface area contributed by atoms with E-state index in [9.17, 15) is 14.9 Å². The smallest absolute Gasteiger partial charge is 0.275 e. The topological polar surface area (TPSA) is 123 Å². The van der Waals surface area contributed by atoms with E-state index in [2.05, 4.69) is 20.5 Å². The number of nitrogens with one attached hydrogen (secondary N) is 2. The first kappa shape index (κ1) is 16.8. The average molecular weight is 451 g/mol. The lowest BCUT2D eigenvalue weighted by Gasteiger charge is -2.09. The van der Waals surface area contributed by atoms with Crippen LogP contribution in [0.5, 0.6) is 11.5 Å². The summed E-state index contributed by atoms with van der Waals surface area (Å²) in [5, 5.41) is 20.1. The first-order chi connectivity index (χ1) is 12.0. The number of carbonyl (C=O) groups excluding carboxylic acids is 1. The minimum Gasteiger partial charge on any atom is -0.455 e. The number of pyridine rings is 1. The second-order valence-electron chi connectivity index (χ2n) is 4.81. The number of hydrogen-bond donors (Lipinski definition) is 2. The van der Waals surface area contributed by atoms with Gasteiger partial charge in [-0.1, -0.05) is 0 Å². The predicted octanol–water partition coefficient (Wildman–Crippen LogP) is 3.36. The summed E-state index contributed by atoms with van der Waals surface area (Å²) in [5.74, 6) is 0.162. The summed E-state index contributed by atoms with van der Waals surface area (Å²) in [6, 6.07) is 7.34. The number of amides is 1. The largest absolute Gasteiger partial charge is 0.455 e. The maximum Gasteiger partial charge on any atom is 0.275 e. The maximum atomic E-state index is 12.2. The highest BCUT2D eigenvalue weighted by molar-refractivity contribution is 14.1. The second-order valence-corrected chi connectivity index (χ2v) is 5.97. The fourth-order valence-electron chi connectivity index (χ4n) is 1.99. The highest BCUT2D eigenvalue weighted by Gasteiger charge is 2.16. The molecule has 0 fully saturated rings. The van der Waals surface area contributed by atoms with Gasteiger partial charge < -0.3 is 10.1 Å². The molecule has 1 aromatic carbocycles. The summed E-state index contributed by atoms with van der Waals surface area (Å²) in [5.41, 5.74) is 0.279. The first-order valence-electron chi connectivity index (χ1n) is 6.90. The van der Waals surface area contributed by atoms with Crippen LogP contribution in [-0.2, 0) is 0 Å². The molecule has 0 bridgehead atoms. The van der Waals surface area contributed by atoms with Gasteiger partial charge in [-0.3, -0.25) is 25.0 Å². The van der Waals surface area contributed by atoms with Crippen molar-refractivity contribution in [3.63, 3.8) is 0 Å². The van der Waals surface area contributed by atoms with Gasteiger partial charge in [-0.05, 0) is 34.7 Å². The number of halogens is 1. The zero-order valence-corrected chi connectivity index (χ0v) is 14.6. The molecule has 10 heteroatoms.